The predicted octanol–water partition coefficient (Wildman–Crippen LogP) is 2.15. The number of benzene rings is 1. The van der Waals surface area contributed by atoms with Crippen LogP contribution in [-0.2, 0) is 9.53 Å². The van der Waals surface area contributed by atoms with E-state index in [-0.39, 0.29) is 36.5 Å². The molecule has 8 heteroatoms. The number of hydrogen-bond donors (Lipinski definition) is 2. The topological polar surface area (TPSA) is 67.8 Å². The van der Waals surface area contributed by atoms with E-state index in [1.165, 1.54) is 12.1 Å². The Bertz CT molecular complexity index is 457. The number of nitrogens with one attached hydrogen (secondary N) is 1. The second-order valence-corrected chi connectivity index (χ2v) is 4.89. The molecule has 5 nitrogen and oxygen atoms in total. The summed E-state index contributed by atoms with van der Waals surface area (Å²) in [5.74, 6) is -0.0347. The van der Waals surface area contributed by atoms with Crippen LogP contribution in [0.1, 0.15) is 0 Å². The molecule has 0 saturated carbocycles. The van der Waals surface area contributed by atoms with Crippen LogP contribution in [-0.4, -0.2) is 44.0 Å². The highest BCUT2D eigenvalue weighted by Crippen LogP contribution is 2.33. The molecule has 0 unspecified atom stereocenters. The highest BCUT2D eigenvalue weighted by molar-refractivity contribution is 6.43. The van der Waals surface area contributed by atoms with Crippen molar-refractivity contribution in [1.82, 2.24) is 5.32 Å². The fourth-order valence-electron chi connectivity index (χ4n) is 1.24. The van der Waals surface area contributed by atoms with E-state index in [9.17, 15) is 4.79 Å². The lowest BCUT2D eigenvalue weighted by molar-refractivity contribution is -0.123. The van der Waals surface area contributed by atoms with Crippen LogP contribution < -0.4 is 10.1 Å². The quantitative estimate of drug-likeness (QED) is 0.561. The molecule has 0 saturated heterocycles. The summed E-state index contributed by atoms with van der Waals surface area (Å²) in [6.45, 7) is 0.646. The maximum Gasteiger partial charge on any atom is 0.258 e. The third-order valence-electron chi connectivity index (χ3n) is 2.14. The zero-order valence-corrected chi connectivity index (χ0v) is 12.8. The summed E-state index contributed by atoms with van der Waals surface area (Å²) in [6, 6.07) is 2.89. The molecular weight excluding hydrogens is 328 g/mol. The number of carbonyl (C=O) groups excluding carboxylic acids is 1. The molecule has 1 aromatic rings. The number of halogens is 3. The molecule has 20 heavy (non-hydrogen) atoms. The molecule has 0 heterocycles. The van der Waals surface area contributed by atoms with E-state index in [4.69, 9.17) is 49.4 Å². The maximum atomic E-state index is 11.5. The Hall–Kier alpha value is -0.720. The van der Waals surface area contributed by atoms with Gasteiger partial charge in [0.15, 0.2) is 6.61 Å². The fourth-order valence-corrected chi connectivity index (χ4v) is 1.83. The number of rotatable bonds is 8. The second kappa shape index (κ2) is 9.26. The molecule has 0 atom stereocenters. The van der Waals surface area contributed by atoms with Gasteiger partial charge in [0, 0.05) is 12.6 Å². The van der Waals surface area contributed by atoms with Gasteiger partial charge in [-0.05, 0) is 6.07 Å². The second-order valence-electron chi connectivity index (χ2n) is 3.67. The number of aliphatic hydroxyl groups is 1. The van der Waals surface area contributed by atoms with Crippen molar-refractivity contribution in [3.63, 3.8) is 0 Å². The molecule has 0 radical (unpaired) electrons. The van der Waals surface area contributed by atoms with Gasteiger partial charge in [-0.3, -0.25) is 4.79 Å². The Kier molecular flexibility index (Phi) is 8.02. The largest absolute Gasteiger partial charge is 0.482 e. The van der Waals surface area contributed by atoms with Crippen LogP contribution in [0.15, 0.2) is 12.1 Å². The van der Waals surface area contributed by atoms with Crippen molar-refractivity contribution in [3.8, 4) is 5.75 Å². The van der Waals surface area contributed by atoms with Gasteiger partial charge in [0.2, 0.25) is 0 Å². The van der Waals surface area contributed by atoms with E-state index < -0.39 is 0 Å². The van der Waals surface area contributed by atoms with Crippen LogP contribution in [0.25, 0.3) is 0 Å². The van der Waals surface area contributed by atoms with E-state index in [1.807, 2.05) is 0 Å². The molecule has 0 aliphatic rings. The van der Waals surface area contributed by atoms with Crippen molar-refractivity contribution in [1.29, 1.82) is 0 Å². The SMILES string of the molecule is O=C(COc1cc(Cl)c(Cl)cc1Cl)NCCOCCO. The molecule has 0 aliphatic carbocycles. The van der Waals surface area contributed by atoms with E-state index in [0.29, 0.717) is 23.2 Å². The Morgan fingerprint density at radius 2 is 1.85 bits per heavy atom. The van der Waals surface area contributed by atoms with Gasteiger partial charge in [-0.15, -0.1) is 0 Å². The standard InChI is InChI=1S/C12H14Cl3NO4/c13-8-5-10(15)11(6-9(8)14)20-7-12(18)16-1-3-19-4-2-17/h5-6,17H,1-4,7H2,(H,16,18). The van der Waals surface area contributed by atoms with Crippen molar-refractivity contribution >= 4 is 40.7 Å². The lowest BCUT2D eigenvalue weighted by atomic mass is 10.3. The smallest absolute Gasteiger partial charge is 0.258 e. The molecule has 0 aliphatic heterocycles. The van der Waals surface area contributed by atoms with Gasteiger partial charge in [-0.25, -0.2) is 0 Å². The van der Waals surface area contributed by atoms with Gasteiger partial charge in [0.05, 0.1) is 34.9 Å². The summed E-state index contributed by atoms with van der Waals surface area (Å²) in [7, 11) is 0. The molecule has 0 spiro atoms. The van der Waals surface area contributed by atoms with Crippen molar-refractivity contribution in [2.75, 3.05) is 33.0 Å². The fraction of sp³-hybridized carbons (Fsp3) is 0.417. The maximum absolute atomic E-state index is 11.5. The zero-order chi connectivity index (χ0) is 15.0. The first-order valence-electron chi connectivity index (χ1n) is 5.77. The van der Waals surface area contributed by atoms with Gasteiger partial charge in [-0.2, -0.15) is 0 Å². The van der Waals surface area contributed by atoms with Crippen LogP contribution in [0.3, 0.4) is 0 Å². The first-order valence-corrected chi connectivity index (χ1v) is 6.90. The highest BCUT2D eigenvalue weighted by Gasteiger charge is 2.09. The Labute approximate surface area is 131 Å². The predicted molar refractivity (Wildman–Crippen MR) is 77.9 cm³/mol. The summed E-state index contributed by atoms with van der Waals surface area (Å²) in [6.07, 6.45) is 0. The van der Waals surface area contributed by atoms with E-state index >= 15 is 0 Å². The Morgan fingerprint density at radius 3 is 2.55 bits per heavy atom. The third kappa shape index (κ3) is 6.15. The van der Waals surface area contributed by atoms with Crippen molar-refractivity contribution < 1.29 is 19.4 Å². The van der Waals surface area contributed by atoms with Crippen molar-refractivity contribution in [2.24, 2.45) is 0 Å². The summed E-state index contributed by atoms with van der Waals surface area (Å²) < 4.78 is 10.2. The van der Waals surface area contributed by atoms with Crippen LogP contribution >= 0.6 is 34.8 Å². The van der Waals surface area contributed by atoms with Crippen molar-refractivity contribution in [2.45, 2.75) is 0 Å². The number of aliphatic hydroxyl groups excluding tert-OH is 1. The average Bonchev–Trinajstić information content (AvgIpc) is 2.41. The molecule has 0 bridgehead atoms. The van der Waals surface area contributed by atoms with Gasteiger partial charge in [0.1, 0.15) is 5.75 Å². The summed E-state index contributed by atoms with van der Waals surface area (Å²) in [5, 5.41) is 12.0. The molecule has 1 amide bonds. The number of ether oxygens (including phenoxy) is 2. The average molecular weight is 343 g/mol. The zero-order valence-electron chi connectivity index (χ0n) is 10.5. The lowest BCUT2D eigenvalue weighted by Gasteiger charge is -2.10. The van der Waals surface area contributed by atoms with Gasteiger partial charge < -0.3 is 19.9 Å². The van der Waals surface area contributed by atoms with Crippen LogP contribution in [0.4, 0.5) is 0 Å². The van der Waals surface area contributed by atoms with Crippen LogP contribution in [0.5, 0.6) is 5.75 Å². The molecule has 112 valence electrons. The van der Waals surface area contributed by atoms with Gasteiger partial charge in [0.25, 0.3) is 5.91 Å². The molecule has 1 rings (SSSR count). The minimum absolute atomic E-state index is 0.0487. The Balaban J connectivity index is 2.32. The summed E-state index contributed by atoms with van der Waals surface area (Å²) in [4.78, 5) is 11.5. The molecule has 0 fully saturated rings. The van der Waals surface area contributed by atoms with Gasteiger partial charge in [-0.1, -0.05) is 34.8 Å². The monoisotopic (exact) mass is 341 g/mol. The number of carbonyl (C=O) groups is 1. The first-order chi connectivity index (χ1) is 9.54. The number of amides is 1. The molecular formula is C12H14Cl3NO4. The summed E-state index contributed by atoms with van der Waals surface area (Å²) >= 11 is 17.5. The molecule has 2 N–H and O–H groups in total. The lowest BCUT2D eigenvalue weighted by Crippen LogP contribution is -2.31. The highest BCUT2D eigenvalue weighted by atomic mass is 35.5. The van der Waals surface area contributed by atoms with Crippen molar-refractivity contribution in [3.05, 3.63) is 27.2 Å². The van der Waals surface area contributed by atoms with Gasteiger partial charge >= 0.3 is 0 Å². The van der Waals surface area contributed by atoms with Crippen LogP contribution in [0, 0.1) is 0 Å². The molecule has 1 aromatic carbocycles. The van der Waals surface area contributed by atoms with Crippen LogP contribution in [0.2, 0.25) is 15.1 Å². The third-order valence-corrected chi connectivity index (χ3v) is 3.16. The van der Waals surface area contributed by atoms with E-state index in [0.717, 1.165) is 0 Å². The number of hydrogen-bond acceptors (Lipinski definition) is 4. The summed E-state index contributed by atoms with van der Waals surface area (Å²) in [5.41, 5.74) is 0. The Morgan fingerprint density at radius 1 is 1.15 bits per heavy atom. The minimum Gasteiger partial charge on any atom is -0.482 e. The molecule has 0 aromatic heterocycles. The van der Waals surface area contributed by atoms with E-state index in [1.54, 1.807) is 0 Å². The normalized spacial score (nSPS) is 10.4. The first kappa shape index (κ1) is 17.3. The minimum atomic E-state index is -0.320. The van der Waals surface area contributed by atoms with E-state index in [2.05, 4.69) is 5.32 Å².